The summed E-state index contributed by atoms with van der Waals surface area (Å²) < 4.78 is 6.29. The number of carbonyl (C=O) groups excluding carboxylic acids is 1. The Morgan fingerprint density at radius 1 is 1.09 bits per heavy atom. The first-order valence-corrected chi connectivity index (χ1v) is 11.0. The van der Waals surface area contributed by atoms with E-state index in [4.69, 9.17) is 28.6 Å². The van der Waals surface area contributed by atoms with Crippen molar-refractivity contribution in [2.45, 2.75) is 6.61 Å². The number of halogens is 1. The Morgan fingerprint density at radius 2 is 1.81 bits per heavy atom. The van der Waals surface area contributed by atoms with E-state index in [0.717, 1.165) is 17.3 Å². The normalized spacial score (nSPS) is 14.8. The zero-order chi connectivity index (χ0) is 22.7. The fourth-order valence-electron chi connectivity index (χ4n) is 3.07. The number of hydrogen-bond acceptors (Lipinski definition) is 6. The quantitative estimate of drug-likeness (QED) is 0.179. The maximum atomic E-state index is 13.0. The molecule has 0 unspecified atom stereocenters. The van der Waals surface area contributed by atoms with Gasteiger partial charge in [-0.1, -0.05) is 72.0 Å². The lowest BCUT2D eigenvalue weighted by molar-refractivity contribution is -0.384. The maximum Gasteiger partial charge on any atom is 0.270 e. The molecule has 0 atom stereocenters. The van der Waals surface area contributed by atoms with Crippen LogP contribution in [0.1, 0.15) is 11.1 Å². The summed E-state index contributed by atoms with van der Waals surface area (Å²) in [6.07, 6.45) is 1.57. The smallest absolute Gasteiger partial charge is 0.270 e. The van der Waals surface area contributed by atoms with Gasteiger partial charge in [0.05, 0.1) is 15.5 Å². The van der Waals surface area contributed by atoms with Gasteiger partial charge in [0.2, 0.25) is 0 Å². The van der Waals surface area contributed by atoms with Crippen molar-refractivity contribution < 1.29 is 14.5 Å². The summed E-state index contributed by atoms with van der Waals surface area (Å²) in [7, 11) is 0. The summed E-state index contributed by atoms with van der Waals surface area (Å²) in [5.41, 5.74) is 1.72. The molecule has 0 aliphatic carbocycles. The topological polar surface area (TPSA) is 72.7 Å². The van der Waals surface area contributed by atoms with Gasteiger partial charge >= 0.3 is 0 Å². The van der Waals surface area contributed by atoms with Crippen LogP contribution in [0.15, 0.2) is 77.7 Å². The van der Waals surface area contributed by atoms with E-state index in [1.54, 1.807) is 24.3 Å². The van der Waals surface area contributed by atoms with Gasteiger partial charge in [-0.25, -0.2) is 0 Å². The number of amides is 1. The molecule has 160 valence electrons. The molecular formula is C23H15ClN2O4S2. The molecule has 1 saturated heterocycles. The minimum atomic E-state index is -0.496. The monoisotopic (exact) mass is 482 g/mol. The molecule has 1 aliphatic rings. The third-order valence-electron chi connectivity index (χ3n) is 4.64. The minimum Gasteiger partial charge on any atom is -0.488 e. The van der Waals surface area contributed by atoms with Crippen LogP contribution in [0.3, 0.4) is 0 Å². The molecule has 4 rings (SSSR count). The Bertz CT molecular complexity index is 1250. The van der Waals surface area contributed by atoms with Crippen molar-refractivity contribution >= 4 is 63.3 Å². The highest BCUT2D eigenvalue weighted by molar-refractivity contribution is 8.27. The van der Waals surface area contributed by atoms with Gasteiger partial charge < -0.3 is 4.74 Å². The molecule has 0 spiro atoms. The fraction of sp³-hybridized carbons (Fsp3) is 0.0435. The first-order valence-electron chi connectivity index (χ1n) is 9.41. The SMILES string of the molecule is O=C1/C(=C\c2cc([N+](=O)[O-])ccc2OCc2ccccc2Cl)SC(=S)N1c1ccccc1. The number of carbonyl (C=O) groups is 1. The second-order valence-electron chi connectivity index (χ2n) is 6.71. The van der Waals surface area contributed by atoms with E-state index in [1.807, 2.05) is 36.4 Å². The Labute approximate surface area is 198 Å². The van der Waals surface area contributed by atoms with Crippen LogP contribution in [0.4, 0.5) is 11.4 Å². The Hall–Kier alpha value is -3.20. The van der Waals surface area contributed by atoms with Gasteiger partial charge in [-0.15, -0.1) is 0 Å². The molecule has 0 saturated carbocycles. The molecule has 3 aromatic rings. The van der Waals surface area contributed by atoms with Crippen molar-refractivity contribution in [3.8, 4) is 5.75 Å². The Balaban J connectivity index is 1.67. The number of nitrogens with zero attached hydrogens (tertiary/aromatic N) is 2. The molecule has 9 heteroatoms. The molecule has 1 fully saturated rings. The molecular weight excluding hydrogens is 468 g/mol. The summed E-state index contributed by atoms with van der Waals surface area (Å²) in [5.74, 6) is 0.0928. The predicted octanol–water partition coefficient (Wildman–Crippen LogP) is 6.23. The molecule has 6 nitrogen and oxygen atoms in total. The third-order valence-corrected chi connectivity index (χ3v) is 6.31. The average Bonchev–Trinajstić information content (AvgIpc) is 3.07. The molecule has 1 amide bonds. The van der Waals surface area contributed by atoms with E-state index in [1.165, 1.54) is 23.1 Å². The van der Waals surface area contributed by atoms with Crippen LogP contribution in [0.5, 0.6) is 5.75 Å². The standard InChI is InChI=1S/C23H15ClN2O4S2/c24-19-9-5-4-6-15(19)14-30-20-11-10-18(26(28)29)12-16(20)13-21-22(27)25(23(31)32-21)17-7-2-1-3-8-17/h1-13H,14H2/b21-13+. The maximum absolute atomic E-state index is 13.0. The lowest BCUT2D eigenvalue weighted by Gasteiger charge is -2.14. The van der Waals surface area contributed by atoms with Gasteiger partial charge in [-0.2, -0.15) is 0 Å². The number of non-ortho nitro benzene ring substituents is 1. The number of nitro groups is 1. The average molecular weight is 483 g/mol. The highest BCUT2D eigenvalue weighted by Gasteiger charge is 2.33. The van der Waals surface area contributed by atoms with E-state index in [0.29, 0.717) is 31.2 Å². The molecule has 0 aromatic heterocycles. The summed E-state index contributed by atoms with van der Waals surface area (Å²) in [5, 5.41) is 11.9. The van der Waals surface area contributed by atoms with Crippen LogP contribution in [0.25, 0.3) is 6.08 Å². The third kappa shape index (κ3) is 4.67. The zero-order valence-corrected chi connectivity index (χ0v) is 18.8. The van der Waals surface area contributed by atoms with Crippen LogP contribution in [-0.4, -0.2) is 15.2 Å². The van der Waals surface area contributed by atoms with Crippen molar-refractivity contribution in [2.75, 3.05) is 4.90 Å². The number of thiocarbonyl (C=S) groups is 1. The lowest BCUT2D eigenvalue weighted by Crippen LogP contribution is -2.27. The van der Waals surface area contributed by atoms with Gasteiger partial charge in [0, 0.05) is 28.3 Å². The number of benzene rings is 3. The second kappa shape index (κ2) is 9.52. The second-order valence-corrected chi connectivity index (χ2v) is 8.79. The molecule has 0 N–H and O–H groups in total. The van der Waals surface area contributed by atoms with E-state index >= 15 is 0 Å². The van der Waals surface area contributed by atoms with Crippen molar-refractivity contribution in [3.05, 3.63) is 104 Å². The van der Waals surface area contributed by atoms with Gasteiger partial charge in [-0.05, 0) is 30.3 Å². The summed E-state index contributed by atoms with van der Waals surface area (Å²) in [4.78, 5) is 25.6. The lowest BCUT2D eigenvalue weighted by atomic mass is 10.1. The number of thioether (sulfide) groups is 1. The summed E-state index contributed by atoms with van der Waals surface area (Å²) >= 11 is 12.7. The molecule has 32 heavy (non-hydrogen) atoms. The predicted molar refractivity (Wildman–Crippen MR) is 131 cm³/mol. The van der Waals surface area contributed by atoms with Gasteiger partial charge in [-0.3, -0.25) is 19.8 Å². The van der Waals surface area contributed by atoms with E-state index in [-0.39, 0.29) is 18.2 Å². The van der Waals surface area contributed by atoms with Gasteiger partial charge in [0.15, 0.2) is 4.32 Å². The zero-order valence-electron chi connectivity index (χ0n) is 16.4. The summed E-state index contributed by atoms with van der Waals surface area (Å²) in [6, 6.07) is 20.6. The van der Waals surface area contributed by atoms with Crippen LogP contribution < -0.4 is 9.64 Å². The highest BCUT2D eigenvalue weighted by Crippen LogP contribution is 2.38. The van der Waals surface area contributed by atoms with Crippen LogP contribution in [0, 0.1) is 10.1 Å². The van der Waals surface area contributed by atoms with Crippen LogP contribution in [-0.2, 0) is 11.4 Å². The minimum absolute atomic E-state index is 0.111. The molecule has 1 heterocycles. The van der Waals surface area contributed by atoms with Crippen LogP contribution in [0.2, 0.25) is 5.02 Å². The number of nitro benzene ring substituents is 1. The first kappa shape index (κ1) is 22.0. The highest BCUT2D eigenvalue weighted by atomic mass is 35.5. The number of ether oxygens (including phenoxy) is 1. The number of para-hydroxylation sites is 1. The Kier molecular flexibility index (Phi) is 6.55. The van der Waals surface area contributed by atoms with E-state index in [9.17, 15) is 14.9 Å². The van der Waals surface area contributed by atoms with Crippen LogP contribution >= 0.6 is 35.6 Å². The number of hydrogen-bond donors (Lipinski definition) is 0. The van der Waals surface area contributed by atoms with Crippen molar-refractivity contribution in [2.24, 2.45) is 0 Å². The van der Waals surface area contributed by atoms with Gasteiger partial charge in [0.25, 0.3) is 11.6 Å². The number of rotatable bonds is 6. The van der Waals surface area contributed by atoms with Crippen molar-refractivity contribution in [1.82, 2.24) is 0 Å². The largest absolute Gasteiger partial charge is 0.488 e. The molecule has 3 aromatic carbocycles. The number of anilines is 1. The fourth-order valence-corrected chi connectivity index (χ4v) is 4.55. The molecule has 1 aliphatic heterocycles. The first-order chi connectivity index (χ1) is 15.4. The molecule has 0 bridgehead atoms. The van der Waals surface area contributed by atoms with E-state index < -0.39 is 4.92 Å². The molecule has 0 radical (unpaired) electrons. The van der Waals surface area contributed by atoms with Gasteiger partial charge in [0.1, 0.15) is 12.4 Å². The van der Waals surface area contributed by atoms with Crippen molar-refractivity contribution in [1.29, 1.82) is 0 Å². The summed E-state index contributed by atoms with van der Waals surface area (Å²) in [6.45, 7) is 0.170. The van der Waals surface area contributed by atoms with Crippen molar-refractivity contribution in [3.63, 3.8) is 0 Å². The Morgan fingerprint density at radius 3 is 2.53 bits per heavy atom. The van der Waals surface area contributed by atoms with E-state index in [2.05, 4.69) is 0 Å².